The highest BCUT2D eigenvalue weighted by Crippen LogP contribution is 2.66. The summed E-state index contributed by atoms with van der Waals surface area (Å²) < 4.78 is 17.4. The Bertz CT molecular complexity index is 762. The first kappa shape index (κ1) is 16.5. The first-order chi connectivity index (χ1) is 11.6. The van der Waals surface area contributed by atoms with Crippen molar-refractivity contribution < 1.29 is 28.6 Å². The van der Waals surface area contributed by atoms with Crippen molar-refractivity contribution in [2.75, 3.05) is 0 Å². The minimum atomic E-state index is -0.735. The zero-order valence-corrected chi connectivity index (χ0v) is 14.9. The Morgan fingerprint density at radius 2 is 2.04 bits per heavy atom. The van der Waals surface area contributed by atoms with Gasteiger partial charge in [-0.05, 0) is 19.4 Å². The van der Waals surface area contributed by atoms with Gasteiger partial charge in [-0.15, -0.1) is 0 Å². The molecule has 2 saturated heterocycles. The summed E-state index contributed by atoms with van der Waals surface area (Å²) in [5.41, 5.74) is 0.291. The second kappa shape index (κ2) is 4.81. The third-order valence-corrected chi connectivity index (χ3v) is 6.12. The third kappa shape index (κ3) is 1.97. The Hall–Kier alpha value is -1.95. The van der Waals surface area contributed by atoms with Crippen molar-refractivity contribution in [2.45, 2.75) is 63.9 Å². The van der Waals surface area contributed by atoms with Gasteiger partial charge >= 0.3 is 11.9 Å². The van der Waals surface area contributed by atoms with Gasteiger partial charge in [0, 0.05) is 24.0 Å². The number of ketones is 1. The highest BCUT2D eigenvalue weighted by atomic mass is 16.6. The number of hydrogen-bond donors (Lipinski definition) is 0. The maximum Gasteiger partial charge on any atom is 0.334 e. The van der Waals surface area contributed by atoms with Crippen LogP contribution in [-0.4, -0.2) is 41.1 Å². The van der Waals surface area contributed by atoms with Crippen LogP contribution < -0.4 is 0 Å². The average molecular weight is 346 g/mol. The summed E-state index contributed by atoms with van der Waals surface area (Å²) in [7, 11) is 0. The van der Waals surface area contributed by atoms with Gasteiger partial charge in [0.25, 0.3) is 0 Å². The third-order valence-electron chi connectivity index (χ3n) is 6.12. The van der Waals surface area contributed by atoms with E-state index in [4.69, 9.17) is 14.2 Å². The molecular weight excluding hydrogens is 324 g/mol. The fourth-order valence-electron chi connectivity index (χ4n) is 4.63. The van der Waals surface area contributed by atoms with E-state index in [1.807, 2.05) is 6.92 Å². The number of carbonyl (C=O) groups excluding carboxylic acids is 3. The Morgan fingerprint density at radius 1 is 1.36 bits per heavy atom. The lowest BCUT2D eigenvalue weighted by atomic mass is 9.85. The SMILES string of the molecule is C=C1C(=O)O[C@@H]2C3=C(C)C(=O)C[C@@]34O[C@@]4(C)C[C@@H](OC(=O)C(C)C)[C@@H]12. The number of epoxide rings is 1. The molecule has 2 aliphatic carbocycles. The number of hydrogen-bond acceptors (Lipinski definition) is 6. The van der Waals surface area contributed by atoms with E-state index in [1.54, 1.807) is 20.8 Å². The van der Waals surface area contributed by atoms with Gasteiger partial charge in [-0.3, -0.25) is 9.59 Å². The van der Waals surface area contributed by atoms with E-state index in [9.17, 15) is 14.4 Å². The molecular formula is C19H22O6. The quantitative estimate of drug-likeness (QED) is 0.431. The highest BCUT2D eigenvalue weighted by Gasteiger charge is 2.77. The standard InChI is InChI=1S/C19H22O6/c1-8(2)16(21)23-12-7-18(5)19(25-18)6-11(20)9(3)14(19)15-13(12)10(4)17(22)24-15/h8,12-13,15H,4,6-7H2,1-3,5H3/t12-,13-,15+,18+,19-/m1/s1. The van der Waals surface area contributed by atoms with Crippen LogP contribution in [0.4, 0.5) is 0 Å². The molecule has 0 bridgehead atoms. The van der Waals surface area contributed by atoms with Crippen LogP contribution in [-0.2, 0) is 28.6 Å². The second-order valence-corrected chi connectivity index (χ2v) is 8.01. The summed E-state index contributed by atoms with van der Waals surface area (Å²) in [4.78, 5) is 36.7. The van der Waals surface area contributed by atoms with Crippen molar-refractivity contribution in [1.29, 1.82) is 0 Å². The van der Waals surface area contributed by atoms with Crippen LogP contribution in [0, 0.1) is 11.8 Å². The van der Waals surface area contributed by atoms with Gasteiger partial charge in [-0.2, -0.15) is 0 Å². The molecule has 0 unspecified atom stereocenters. The largest absolute Gasteiger partial charge is 0.461 e. The lowest BCUT2D eigenvalue weighted by Crippen LogP contribution is -2.36. The molecule has 25 heavy (non-hydrogen) atoms. The maximum absolute atomic E-state index is 12.3. The normalized spacial score (nSPS) is 42.0. The summed E-state index contributed by atoms with van der Waals surface area (Å²) in [6.07, 6.45) is -0.556. The molecule has 0 aromatic heterocycles. The van der Waals surface area contributed by atoms with Gasteiger partial charge in [0.1, 0.15) is 23.4 Å². The summed E-state index contributed by atoms with van der Waals surface area (Å²) in [5.74, 6) is -1.57. The molecule has 0 aromatic carbocycles. The molecule has 2 heterocycles. The van der Waals surface area contributed by atoms with Crippen molar-refractivity contribution in [3.05, 3.63) is 23.3 Å². The lowest BCUT2D eigenvalue weighted by Gasteiger charge is -2.27. The molecule has 2 aliphatic heterocycles. The predicted octanol–water partition coefficient (Wildman–Crippen LogP) is 1.87. The minimum absolute atomic E-state index is 0.0173. The molecule has 134 valence electrons. The average Bonchev–Trinajstić information content (AvgIpc) is 2.86. The van der Waals surface area contributed by atoms with E-state index in [0.717, 1.165) is 5.57 Å². The predicted molar refractivity (Wildman–Crippen MR) is 86.4 cm³/mol. The van der Waals surface area contributed by atoms with Gasteiger partial charge in [-0.25, -0.2) is 4.79 Å². The smallest absolute Gasteiger partial charge is 0.334 e. The molecule has 0 amide bonds. The van der Waals surface area contributed by atoms with Gasteiger partial charge in [0.15, 0.2) is 5.78 Å². The second-order valence-electron chi connectivity index (χ2n) is 8.01. The number of carbonyl (C=O) groups is 3. The first-order valence-electron chi connectivity index (χ1n) is 8.66. The van der Waals surface area contributed by atoms with E-state index in [1.165, 1.54) is 0 Å². The molecule has 6 heteroatoms. The Balaban J connectivity index is 1.81. The topological polar surface area (TPSA) is 82.2 Å². The van der Waals surface area contributed by atoms with E-state index in [2.05, 4.69) is 6.58 Å². The van der Waals surface area contributed by atoms with Crippen LogP contribution >= 0.6 is 0 Å². The van der Waals surface area contributed by atoms with Crippen LogP contribution in [0.3, 0.4) is 0 Å². The van der Waals surface area contributed by atoms with E-state index >= 15 is 0 Å². The van der Waals surface area contributed by atoms with Gasteiger partial charge < -0.3 is 14.2 Å². The van der Waals surface area contributed by atoms with Crippen LogP contribution in [0.15, 0.2) is 23.3 Å². The molecule has 4 rings (SSSR count). The highest BCUT2D eigenvalue weighted by molar-refractivity contribution is 6.02. The van der Waals surface area contributed by atoms with Crippen molar-refractivity contribution in [1.82, 2.24) is 0 Å². The summed E-state index contributed by atoms with van der Waals surface area (Å²) >= 11 is 0. The minimum Gasteiger partial charge on any atom is -0.461 e. The van der Waals surface area contributed by atoms with Crippen LogP contribution in [0.2, 0.25) is 0 Å². The zero-order chi connectivity index (χ0) is 18.3. The van der Waals surface area contributed by atoms with Gasteiger partial charge in [0.2, 0.25) is 0 Å². The number of Topliss-reactive ketones (excluding diaryl/α,β-unsaturated/α-hetero) is 1. The summed E-state index contributed by atoms with van der Waals surface area (Å²) in [6, 6.07) is 0. The van der Waals surface area contributed by atoms with Crippen molar-refractivity contribution in [3.8, 4) is 0 Å². The number of allylic oxidation sites excluding steroid dienone is 1. The molecule has 5 atom stereocenters. The molecule has 0 aromatic rings. The summed E-state index contributed by atoms with van der Waals surface area (Å²) in [6.45, 7) is 11.1. The van der Waals surface area contributed by atoms with Gasteiger partial charge in [0.05, 0.1) is 11.8 Å². The maximum atomic E-state index is 12.3. The molecule has 1 saturated carbocycles. The molecule has 0 N–H and O–H groups in total. The Morgan fingerprint density at radius 3 is 2.68 bits per heavy atom. The van der Waals surface area contributed by atoms with Crippen LogP contribution in [0.5, 0.6) is 0 Å². The fraction of sp³-hybridized carbons (Fsp3) is 0.632. The monoisotopic (exact) mass is 346 g/mol. The van der Waals surface area contributed by atoms with Crippen LogP contribution in [0.25, 0.3) is 0 Å². The fourth-order valence-corrected chi connectivity index (χ4v) is 4.63. The van der Waals surface area contributed by atoms with Crippen LogP contribution in [0.1, 0.15) is 40.5 Å². The number of esters is 2. The number of ether oxygens (including phenoxy) is 3. The number of fused-ring (bicyclic) bond motifs is 2. The van der Waals surface area contributed by atoms with Crippen molar-refractivity contribution >= 4 is 17.7 Å². The molecule has 0 radical (unpaired) electrons. The number of rotatable bonds is 2. The molecule has 6 nitrogen and oxygen atoms in total. The van der Waals surface area contributed by atoms with Gasteiger partial charge in [-0.1, -0.05) is 20.4 Å². The van der Waals surface area contributed by atoms with E-state index in [-0.39, 0.29) is 24.1 Å². The Kier molecular flexibility index (Phi) is 3.18. The van der Waals surface area contributed by atoms with Crippen molar-refractivity contribution in [3.63, 3.8) is 0 Å². The summed E-state index contributed by atoms with van der Waals surface area (Å²) in [5, 5.41) is 0. The molecule has 4 aliphatic rings. The lowest BCUT2D eigenvalue weighted by molar-refractivity contribution is -0.157. The zero-order valence-electron chi connectivity index (χ0n) is 14.9. The van der Waals surface area contributed by atoms with E-state index < -0.39 is 35.3 Å². The Labute approximate surface area is 146 Å². The molecule has 3 fully saturated rings. The van der Waals surface area contributed by atoms with E-state index in [0.29, 0.717) is 17.6 Å². The van der Waals surface area contributed by atoms with Crippen molar-refractivity contribution in [2.24, 2.45) is 11.8 Å². The first-order valence-corrected chi connectivity index (χ1v) is 8.66. The molecule has 1 spiro atoms.